The summed E-state index contributed by atoms with van der Waals surface area (Å²) in [6, 6.07) is 6.38. The first-order valence-corrected chi connectivity index (χ1v) is 8.27. The van der Waals surface area contributed by atoms with E-state index in [9.17, 15) is 14.4 Å². The number of ether oxygens (including phenoxy) is 2. The van der Waals surface area contributed by atoms with E-state index < -0.39 is 17.8 Å². The van der Waals surface area contributed by atoms with Crippen LogP contribution in [0.25, 0.3) is 0 Å². The lowest BCUT2D eigenvalue weighted by Gasteiger charge is -2.15. The van der Waals surface area contributed by atoms with Crippen LogP contribution in [0.1, 0.15) is 23.7 Å². The molecule has 0 fully saturated rings. The summed E-state index contributed by atoms with van der Waals surface area (Å²) in [7, 11) is 1.24. The lowest BCUT2D eigenvalue weighted by molar-refractivity contribution is -0.136. The van der Waals surface area contributed by atoms with Crippen molar-refractivity contribution in [2.75, 3.05) is 38.7 Å². The Morgan fingerprint density at radius 3 is 2.50 bits per heavy atom. The second kappa shape index (κ2) is 9.00. The molecule has 140 valence electrons. The van der Waals surface area contributed by atoms with Gasteiger partial charge in [0, 0.05) is 12.2 Å². The van der Waals surface area contributed by atoms with Crippen molar-refractivity contribution in [2.45, 2.75) is 13.3 Å². The van der Waals surface area contributed by atoms with E-state index in [1.165, 1.54) is 12.0 Å². The van der Waals surface area contributed by atoms with Crippen molar-refractivity contribution in [1.82, 2.24) is 4.90 Å². The predicted molar refractivity (Wildman–Crippen MR) is 93.3 cm³/mol. The molecule has 1 aliphatic heterocycles. The second-order valence-corrected chi connectivity index (χ2v) is 5.63. The van der Waals surface area contributed by atoms with Crippen LogP contribution in [0.4, 0.5) is 5.69 Å². The number of methoxy groups -OCH3 is 1. The van der Waals surface area contributed by atoms with Crippen molar-refractivity contribution in [1.29, 1.82) is 0 Å². The van der Waals surface area contributed by atoms with Gasteiger partial charge in [-0.1, -0.05) is 6.92 Å². The van der Waals surface area contributed by atoms with Crippen LogP contribution in [0, 0.1) is 0 Å². The molecule has 0 aromatic heterocycles. The summed E-state index contributed by atoms with van der Waals surface area (Å²) in [6.07, 6.45) is 0.738. The number of esters is 2. The number of nitrogens with zero attached hydrogens (tertiary/aromatic N) is 1. The van der Waals surface area contributed by atoms with Crippen molar-refractivity contribution in [3.63, 3.8) is 0 Å². The van der Waals surface area contributed by atoms with Crippen LogP contribution in [-0.2, 0) is 19.1 Å². The number of hydrogen-bond donors (Lipinski definition) is 2. The van der Waals surface area contributed by atoms with Crippen LogP contribution in [0.3, 0.4) is 0 Å². The molecular formula is C18H22N2O6. The molecule has 1 aromatic carbocycles. The Bertz CT molecular complexity index is 711. The highest BCUT2D eigenvalue weighted by molar-refractivity contribution is 6.08. The van der Waals surface area contributed by atoms with Crippen molar-refractivity contribution in [3.05, 3.63) is 41.1 Å². The molecule has 1 heterocycles. The number of benzene rings is 1. The fourth-order valence-electron chi connectivity index (χ4n) is 2.46. The molecule has 1 aromatic rings. The standard InChI is InChI=1S/C18H22N2O6/c1-3-10-26-17(23)12-4-6-13(7-5-12)19-15-14(18(24)25-2)11-20(8-9-21)16(15)22/h4-7,19,21H,3,8-11H2,1-2H3. The molecule has 1 aliphatic rings. The maximum absolute atomic E-state index is 12.4. The van der Waals surface area contributed by atoms with Gasteiger partial charge in [0.2, 0.25) is 0 Å². The highest BCUT2D eigenvalue weighted by Crippen LogP contribution is 2.23. The Hall–Kier alpha value is -2.87. The molecule has 1 amide bonds. The zero-order valence-electron chi connectivity index (χ0n) is 14.8. The minimum absolute atomic E-state index is 0.0653. The highest BCUT2D eigenvalue weighted by atomic mass is 16.5. The van der Waals surface area contributed by atoms with Gasteiger partial charge in [-0.2, -0.15) is 0 Å². The van der Waals surface area contributed by atoms with E-state index in [0.29, 0.717) is 17.9 Å². The Kier molecular flexibility index (Phi) is 6.74. The molecule has 8 heteroatoms. The van der Waals surface area contributed by atoms with Gasteiger partial charge in [-0.15, -0.1) is 0 Å². The third kappa shape index (κ3) is 4.40. The number of hydrogen-bond acceptors (Lipinski definition) is 7. The summed E-state index contributed by atoms with van der Waals surface area (Å²) >= 11 is 0. The molecule has 0 unspecified atom stereocenters. The van der Waals surface area contributed by atoms with Gasteiger partial charge in [-0.3, -0.25) is 4.79 Å². The zero-order chi connectivity index (χ0) is 19.1. The van der Waals surface area contributed by atoms with Crippen molar-refractivity contribution < 1.29 is 29.0 Å². The van der Waals surface area contributed by atoms with E-state index in [4.69, 9.17) is 14.6 Å². The van der Waals surface area contributed by atoms with Gasteiger partial charge in [0.1, 0.15) is 5.70 Å². The van der Waals surface area contributed by atoms with Crippen molar-refractivity contribution in [3.8, 4) is 0 Å². The van der Waals surface area contributed by atoms with E-state index in [-0.39, 0.29) is 31.0 Å². The predicted octanol–water partition coefficient (Wildman–Crippen LogP) is 0.927. The molecule has 2 N–H and O–H groups in total. The number of amides is 1. The number of rotatable bonds is 8. The molecule has 26 heavy (non-hydrogen) atoms. The average molecular weight is 362 g/mol. The van der Waals surface area contributed by atoms with Crippen LogP contribution in [-0.4, -0.2) is 61.3 Å². The van der Waals surface area contributed by atoms with E-state index in [2.05, 4.69) is 5.32 Å². The van der Waals surface area contributed by atoms with Gasteiger partial charge in [0.05, 0.1) is 38.0 Å². The Balaban J connectivity index is 2.17. The summed E-state index contributed by atoms with van der Waals surface area (Å²) in [5, 5.41) is 12.0. The van der Waals surface area contributed by atoms with Gasteiger partial charge in [0.25, 0.3) is 5.91 Å². The number of nitrogens with one attached hydrogen (secondary N) is 1. The summed E-state index contributed by atoms with van der Waals surface area (Å²) in [5.74, 6) is -1.43. The smallest absolute Gasteiger partial charge is 0.338 e. The van der Waals surface area contributed by atoms with Gasteiger partial charge in [-0.25, -0.2) is 9.59 Å². The average Bonchev–Trinajstić information content (AvgIpc) is 2.96. The lowest BCUT2D eigenvalue weighted by Crippen LogP contribution is -2.31. The summed E-state index contributed by atoms with van der Waals surface area (Å²) in [4.78, 5) is 37.5. The number of β-amino-alcohol motifs (C(OH)–C–C–N with tert-alkyl or cyclic N) is 1. The number of aliphatic hydroxyl groups is 1. The summed E-state index contributed by atoms with van der Waals surface area (Å²) in [5.41, 5.74) is 1.22. The lowest BCUT2D eigenvalue weighted by atomic mass is 10.2. The van der Waals surface area contributed by atoms with Crippen LogP contribution in [0.2, 0.25) is 0 Å². The van der Waals surface area contributed by atoms with E-state index in [1.807, 2.05) is 6.92 Å². The molecule has 0 spiro atoms. The van der Waals surface area contributed by atoms with Gasteiger partial charge >= 0.3 is 11.9 Å². The number of aliphatic hydroxyl groups excluding tert-OH is 1. The fraction of sp³-hybridized carbons (Fsp3) is 0.389. The molecule has 0 bridgehead atoms. The maximum Gasteiger partial charge on any atom is 0.338 e. The van der Waals surface area contributed by atoms with E-state index in [0.717, 1.165) is 6.42 Å². The van der Waals surface area contributed by atoms with Crippen molar-refractivity contribution in [2.24, 2.45) is 0 Å². The normalized spacial score (nSPS) is 13.8. The first-order chi connectivity index (χ1) is 12.5. The third-order valence-corrected chi connectivity index (χ3v) is 3.78. The Labute approximate surface area is 151 Å². The van der Waals surface area contributed by atoms with E-state index in [1.54, 1.807) is 24.3 Å². The first kappa shape index (κ1) is 19.5. The van der Waals surface area contributed by atoms with Gasteiger partial charge < -0.3 is 24.8 Å². The topological polar surface area (TPSA) is 105 Å². The number of anilines is 1. The number of carbonyl (C=O) groups excluding carboxylic acids is 3. The SMILES string of the molecule is CCCOC(=O)c1ccc(NC2=C(C(=O)OC)CN(CCO)C2=O)cc1. The molecule has 0 radical (unpaired) electrons. The molecular weight excluding hydrogens is 340 g/mol. The Morgan fingerprint density at radius 2 is 1.92 bits per heavy atom. The van der Waals surface area contributed by atoms with Gasteiger partial charge in [-0.05, 0) is 30.7 Å². The molecule has 0 saturated carbocycles. The monoisotopic (exact) mass is 362 g/mol. The van der Waals surface area contributed by atoms with Crippen LogP contribution < -0.4 is 5.32 Å². The summed E-state index contributed by atoms with van der Waals surface area (Å²) in [6.45, 7) is 2.24. The minimum Gasteiger partial charge on any atom is -0.466 e. The van der Waals surface area contributed by atoms with Crippen LogP contribution >= 0.6 is 0 Å². The summed E-state index contributed by atoms with van der Waals surface area (Å²) < 4.78 is 9.78. The third-order valence-electron chi connectivity index (χ3n) is 3.78. The van der Waals surface area contributed by atoms with Crippen LogP contribution in [0.5, 0.6) is 0 Å². The molecule has 2 rings (SSSR count). The van der Waals surface area contributed by atoms with Crippen molar-refractivity contribution >= 4 is 23.5 Å². The largest absolute Gasteiger partial charge is 0.466 e. The van der Waals surface area contributed by atoms with Gasteiger partial charge in [0.15, 0.2) is 0 Å². The minimum atomic E-state index is -0.610. The Morgan fingerprint density at radius 1 is 1.23 bits per heavy atom. The molecule has 0 saturated heterocycles. The molecule has 8 nitrogen and oxygen atoms in total. The molecule has 0 atom stereocenters. The quantitative estimate of drug-likeness (QED) is 0.663. The van der Waals surface area contributed by atoms with E-state index >= 15 is 0 Å². The zero-order valence-corrected chi connectivity index (χ0v) is 14.8. The van der Waals surface area contributed by atoms with Crippen LogP contribution in [0.15, 0.2) is 35.5 Å². The first-order valence-electron chi connectivity index (χ1n) is 8.27. The molecule has 0 aliphatic carbocycles. The maximum atomic E-state index is 12.4. The highest BCUT2D eigenvalue weighted by Gasteiger charge is 2.34. The fourth-order valence-corrected chi connectivity index (χ4v) is 2.46. The number of carbonyl (C=O) groups is 3. The second-order valence-electron chi connectivity index (χ2n) is 5.63.